The van der Waals surface area contributed by atoms with E-state index in [1.807, 2.05) is 67.6 Å². The number of rotatable bonds is 9. The van der Waals surface area contributed by atoms with Crippen LogP contribution in [0.1, 0.15) is 49.8 Å². The Kier molecular flexibility index (Phi) is 9.07. The molecule has 1 atom stereocenters. The smallest absolute Gasteiger partial charge is 0.318 e. The van der Waals surface area contributed by atoms with Crippen molar-refractivity contribution in [3.63, 3.8) is 0 Å². The molecular formula is C31H32Br2O6. The second-order valence-electron chi connectivity index (χ2n) is 9.66. The van der Waals surface area contributed by atoms with E-state index in [1.54, 1.807) is 25.1 Å². The minimum absolute atomic E-state index is 0.171. The molecule has 0 aliphatic heterocycles. The number of hydrogen-bond acceptors (Lipinski definition) is 6. The van der Waals surface area contributed by atoms with Gasteiger partial charge in [0.1, 0.15) is 26.8 Å². The van der Waals surface area contributed by atoms with Gasteiger partial charge in [0.2, 0.25) is 0 Å². The average Bonchev–Trinajstić information content (AvgIpc) is 3.84. The molecule has 2 saturated carbocycles. The fourth-order valence-electron chi connectivity index (χ4n) is 4.60. The van der Waals surface area contributed by atoms with Gasteiger partial charge in [0.15, 0.2) is 0 Å². The molecule has 0 spiro atoms. The zero-order valence-corrected chi connectivity index (χ0v) is 25.2. The summed E-state index contributed by atoms with van der Waals surface area (Å²) >= 11 is 7.18. The van der Waals surface area contributed by atoms with Crippen LogP contribution in [0, 0.1) is 0 Å². The molecule has 2 aliphatic rings. The fourth-order valence-corrected chi connectivity index (χ4v) is 6.22. The highest BCUT2D eigenvalue weighted by Crippen LogP contribution is 2.67. The number of carbonyl (C=O) groups excluding carboxylic acids is 2. The standard InChI is InChI=1S/C19H18Br2O3.C12H14O3/c1-2-23-17(22)18(13-19(18,20)21)15-9-6-10-16(11-15)24-12-14-7-4-3-5-8-14;1-2-15-11(14)12(6-7-12)9-4-3-5-10(13)8-9/h3-11H,2,12-13H2,1H3;3-5,8,13H,2,6-7H2,1H3. The predicted molar refractivity (Wildman–Crippen MR) is 156 cm³/mol. The van der Waals surface area contributed by atoms with E-state index < -0.39 is 14.1 Å². The number of benzene rings is 3. The molecule has 0 amide bonds. The normalized spacial score (nSPS) is 19.6. The van der Waals surface area contributed by atoms with E-state index in [4.69, 9.17) is 14.2 Å². The van der Waals surface area contributed by atoms with Gasteiger partial charge < -0.3 is 19.3 Å². The third-order valence-electron chi connectivity index (χ3n) is 7.00. The minimum Gasteiger partial charge on any atom is -0.508 e. The molecular weight excluding hydrogens is 628 g/mol. The van der Waals surface area contributed by atoms with Crippen molar-refractivity contribution in [3.05, 3.63) is 95.6 Å². The third-order valence-corrected chi connectivity index (χ3v) is 8.92. The number of carbonyl (C=O) groups is 2. The van der Waals surface area contributed by atoms with Crippen LogP contribution in [-0.4, -0.2) is 33.5 Å². The lowest BCUT2D eigenvalue weighted by Crippen LogP contribution is -2.28. The van der Waals surface area contributed by atoms with Gasteiger partial charge in [0.25, 0.3) is 0 Å². The van der Waals surface area contributed by atoms with E-state index in [-0.39, 0.29) is 17.7 Å². The second-order valence-corrected chi connectivity index (χ2v) is 13.4. The van der Waals surface area contributed by atoms with Gasteiger partial charge in [-0.2, -0.15) is 0 Å². The number of alkyl halides is 2. The second kappa shape index (κ2) is 12.1. The maximum absolute atomic E-state index is 12.5. The van der Waals surface area contributed by atoms with E-state index in [0.29, 0.717) is 26.2 Å². The van der Waals surface area contributed by atoms with E-state index in [2.05, 4.69) is 31.9 Å². The van der Waals surface area contributed by atoms with Gasteiger partial charge in [-0.15, -0.1) is 0 Å². The Morgan fingerprint density at radius 1 is 0.821 bits per heavy atom. The summed E-state index contributed by atoms with van der Waals surface area (Å²) in [6, 6.07) is 24.5. The number of aromatic hydroxyl groups is 1. The first-order valence-electron chi connectivity index (χ1n) is 13.0. The number of phenolic OH excluding ortho intramolecular Hbond substituents is 1. The number of phenols is 1. The molecule has 0 heterocycles. The van der Waals surface area contributed by atoms with Gasteiger partial charge in [-0.05, 0) is 74.1 Å². The average molecular weight is 660 g/mol. The summed E-state index contributed by atoms with van der Waals surface area (Å²) in [7, 11) is 0. The summed E-state index contributed by atoms with van der Waals surface area (Å²) in [5, 5.41) is 9.36. The molecule has 3 aromatic rings. The van der Waals surface area contributed by atoms with Crippen LogP contribution in [0.3, 0.4) is 0 Å². The number of hydrogen-bond donors (Lipinski definition) is 1. The van der Waals surface area contributed by atoms with Crippen LogP contribution >= 0.6 is 31.9 Å². The van der Waals surface area contributed by atoms with Gasteiger partial charge >= 0.3 is 11.9 Å². The summed E-state index contributed by atoms with van der Waals surface area (Å²) in [5.41, 5.74) is 1.66. The highest BCUT2D eigenvalue weighted by atomic mass is 79.9. The molecule has 206 valence electrons. The fraction of sp³-hybridized carbons (Fsp3) is 0.355. The molecule has 8 heteroatoms. The van der Waals surface area contributed by atoms with Gasteiger partial charge in [0.05, 0.1) is 18.6 Å². The Morgan fingerprint density at radius 2 is 1.44 bits per heavy atom. The Morgan fingerprint density at radius 3 is 2.03 bits per heavy atom. The lowest BCUT2D eigenvalue weighted by Gasteiger charge is -2.18. The van der Waals surface area contributed by atoms with E-state index in [9.17, 15) is 14.7 Å². The van der Waals surface area contributed by atoms with Crippen LogP contribution in [0.4, 0.5) is 0 Å². The Balaban J connectivity index is 0.000000202. The molecule has 39 heavy (non-hydrogen) atoms. The topological polar surface area (TPSA) is 82.1 Å². The van der Waals surface area contributed by atoms with Crippen molar-refractivity contribution in [2.45, 2.75) is 53.8 Å². The maximum Gasteiger partial charge on any atom is 0.318 e. The van der Waals surface area contributed by atoms with E-state index in [0.717, 1.165) is 35.3 Å². The Labute approximate surface area is 245 Å². The lowest BCUT2D eigenvalue weighted by molar-refractivity contribution is -0.147. The Hall–Kier alpha value is -2.84. The molecule has 0 radical (unpaired) electrons. The summed E-state index contributed by atoms with van der Waals surface area (Å²) < 4.78 is 15.8. The zero-order chi connectivity index (χ0) is 28.1. The summed E-state index contributed by atoms with van der Waals surface area (Å²) in [4.78, 5) is 24.2. The van der Waals surface area contributed by atoms with Crippen molar-refractivity contribution in [1.82, 2.24) is 0 Å². The van der Waals surface area contributed by atoms with Crippen LogP contribution in [0.25, 0.3) is 0 Å². The van der Waals surface area contributed by atoms with Crippen LogP contribution in [0.2, 0.25) is 0 Å². The van der Waals surface area contributed by atoms with Crippen molar-refractivity contribution >= 4 is 43.8 Å². The summed E-state index contributed by atoms with van der Waals surface area (Å²) in [6.45, 7) is 4.87. The van der Waals surface area contributed by atoms with Gasteiger partial charge in [-0.1, -0.05) is 86.5 Å². The van der Waals surface area contributed by atoms with Crippen LogP contribution < -0.4 is 4.74 Å². The zero-order valence-electron chi connectivity index (χ0n) is 22.0. The first-order chi connectivity index (χ1) is 18.7. The number of halogens is 2. The van der Waals surface area contributed by atoms with Crippen LogP contribution in [-0.2, 0) is 36.5 Å². The van der Waals surface area contributed by atoms with Gasteiger partial charge in [0, 0.05) is 0 Å². The Bertz CT molecular complexity index is 1310. The SMILES string of the molecule is CCOC(=O)C1(c2cccc(O)c2)CC1.CCOC(=O)C1(c2cccc(OCc3ccccc3)c2)CC1(Br)Br. The van der Waals surface area contributed by atoms with Crippen LogP contribution in [0.15, 0.2) is 78.9 Å². The molecule has 2 fully saturated rings. The maximum atomic E-state index is 12.5. The lowest BCUT2D eigenvalue weighted by atomic mass is 9.96. The molecule has 3 aromatic carbocycles. The number of esters is 2. The highest BCUT2D eigenvalue weighted by molar-refractivity contribution is 9.25. The number of ether oxygens (including phenoxy) is 3. The van der Waals surface area contributed by atoms with E-state index >= 15 is 0 Å². The van der Waals surface area contributed by atoms with Crippen molar-refractivity contribution in [2.75, 3.05) is 13.2 Å². The molecule has 1 unspecified atom stereocenters. The predicted octanol–water partition coefficient (Wildman–Crippen LogP) is 6.94. The minimum atomic E-state index is -0.713. The summed E-state index contributed by atoms with van der Waals surface area (Å²) in [5.74, 6) is 0.542. The molecule has 0 bridgehead atoms. The van der Waals surface area contributed by atoms with E-state index in [1.165, 1.54) is 0 Å². The molecule has 1 N–H and O–H groups in total. The first kappa shape index (κ1) is 29.2. The molecule has 2 aliphatic carbocycles. The van der Waals surface area contributed by atoms with Crippen molar-refractivity contribution < 1.29 is 28.9 Å². The largest absolute Gasteiger partial charge is 0.508 e. The molecule has 6 nitrogen and oxygen atoms in total. The van der Waals surface area contributed by atoms with Crippen LogP contribution in [0.5, 0.6) is 11.5 Å². The highest BCUT2D eigenvalue weighted by Gasteiger charge is 2.72. The molecule has 0 saturated heterocycles. The first-order valence-corrected chi connectivity index (χ1v) is 14.6. The van der Waals surface area contributed by atoms with Gasteiger partial charge in [-0.25, -0.2) is 0 Å². The molecule has 0 aromatic heterocycles. The van der Waals surface area contributed by atoms with Crippen molar-refractivity contribution in [2.24, 2.45) is 0 Å². The van der Waals surface area contributed by atoms with Crippen molar-refractivity contribution in [1.29, 1.82) is 0 Å². The molecule has 5 rings (SSSR count). The van der Waals surface area contributed by atoms with Gasteiger partial charge in [-0.3, -0.25) is 9.59 Å². The monoisotopic (exact) mass is 658 g/mol. The summed E-state index contributed by atoms with van der Waals surface area (Å²) in [6.07, 6.45) is 2.27. The quantitative estimate of drug-likeness (QED) is 0.198. The third kappa shape index (κ3) is 6.33. The van der Waals surface area contributed by atoms with Crippen molar-refractivity contribution in [3.8, 4) is 11.5 Å².